The predicted octanol–water partition coefficient (Wildman–Crippen LogP) is 4.24. The molecule has 0 bridgehead atoms. The van der Waals surface area contributed by atoms with Crippen LogP contribution in [0.1, 0.15) is 80.7 Å². The summed E-state index contributed by atoms with van der Waals surface area (Å²) in [4.78, 5) is 51.5. The first-order valence-corrected chi connectivity index (χ1v) is 12.2. The van der Waals surface area contributed by atoms with E-state index in [1.165, 1.54) is 0 Å². The first kappa shape index (κ1) is 31.7. The predicted molar refractivity (Wildman–Crippen MR) is 139 cm³/mol. The number of carboxylic acids is 1. The molecule has 37 heavy (non-hydrogen) atoms. The van der Waals surface area contributed by atoms with Gasteiger partial charge in [-0.3, -0.25) is 9.59 Å². The number of anilines is 1. The van der Waals surface area contributed by atoms with Crippen LogP contribution in [-0.4, -0.2) is 52.0 Å². The second kappa shape index (κ2) is 11.8. The van der Waals surface area contributed by atoms with Gasteiger partial charge < -0.3 is 30.4 Å². The van der Waals surface area contributed by atoms with Gasteiger partial charge in [-0.2, -0.15) is 0 Å². The highest BCUT2D eigenvalue weighted by molar-refractivity contribution is 5.99. The van der Waals surface area contributed by atoms with Gasteiger partial charge in [0.25, 0.3) is 0 Å². The fraction of sp³-hybridized carbons (Fsp3) is 0.630. The Bertz CT molecular complexity index is 968. The second-order valence-electron chi connectivity index (χ2n) is 12.1. The third kappa shape index (κ3) is 11.1. The third-order valence-electron chi connectivity index (χ3n) is 4.93. The number of aliphatic carboxylic acids is 1. The van der Waals surface area contributed by atoms with Gasteiger partial charge in [-0.25, -0.2) is 9.59 Å². The van der Waals surface area contributed by atoms with Crippen LogP contribution >= 0.6 is 0 Å². The Labute approximate surface area is 219 Å². The molecule has 0 aliphatic carbocycles. The molecule has 0 radical (unpaired) electrons. The first-order chi connectivity index (χ1) is 16.6. The summed E-state index contributed by atoms with van der Waals surface area (Å²) in [5, 5.41) is 12.8. The van der Waals surface area contributed by atoms with Gasteiger partial charge in [-0.15, -0.1) is 0 Å². The normalized spacial score (nSPS) is 14.6. The van der Waals surface area contributed by atoms with E-state index in [9.17, 15) is 24.3 Å². The van der Waals surface area contributed by atoms with E-state index in [4.69, 9.17) is 19.9 Å². The van der Waals surface area contributed by atoms with Gasteiger partial charge in [0.2, 0.25) is 0 Å². The summed E-state index contributed by atoms with van der Waals surface area (Å²) in [7, 11) is 0. The number of nitrogen functional groups attached to an aromatic ring is 1. The van der Waals surface area contributed by atoms with Crippen molar-refractivity contribution in [3.05, 3.63) is 29.8 Å². The number of benzene rings is 1. The molecule has 0 aliphatic rings. The third-order valence-corrected chi connectivity index (χ3v) is 4.93. The van der Waals surface area contributed by atoms with Crippen LogP contribution in [0.15, 0.2) is 24.3 Å². The number of carboxylic acid groups (broad SMARTS) is 1. The molecule has 0 spiro atoms. The van der Waals surface area contributed by atoms with Gasteiger partial charge in [0, 0.05) is 5.69 Å². The molecule has 0 saturated heterocycles. The van der Waals surface area contributed by atoms with Crippen LogP contribution in [0.3, 0.4) is 0 Å². The van der Waals surface area contributed by atoms with Crippen molar-refractivity contribution in [1.29, 1.82) is 0 Å². The number of esters is 2. The number of hydrogen-bond acceptors (Lipinski definition) is 8. The number of nitrogens with two attached hydrogens (primary N) is 1. The van der Waals surface area contributed by atoms with E-state index in [-0.39, 0.29) is 19.3 Å². The van der Waals surface area contributed by atoms with Crippen LogP contribution in [-0.2, 0) is 35.0 Å². The maximum Gasteiger partial charge on any atom is 0.408 e. The van der Waals surface area contributed by atoms with E-state index in [0.717, 1.165) is 0 Å². The number of carbonyl (C=O) groups excluding carboxylic acids is 3. The van der Waals surface area contributed by atoms with Crippen molar-refractivity contribution in [1.82, 2.24) is 5.32 Å². The minimum absolute atomic E-state index is 0.217. The highest BCUT2D eigenvalue weighted by Gasteiger charge is 2.49. The van der Waals surface area contributed by atoms with Crippen LogP contribution in [0.25, 0.3) is 0 Å². The van der Waals surface area contributed by atoms with Crippen molar-refractivity contribution in [3.8, 4) is 0 Å². The number of nitrogens with one attached hydrogen (secondary N) is 1. The van der Waals surface area contributed by atoms with Crippen LogP contribution in [0.4, 0.5) is 10.5 Å². The quantitative estimate of drug-likeness (QED) is 0.187. The maximum atomic E-state index is 13.4. The summed E-state index contributed by atoms with van der Waals surface area (Å²) in [5.74, 6) is -3.15. The number of carbonyl (C=O) groups is 4. The van der Waals surface area contributed by atoms with Crippen molar-refractivity contribution < 1.29 is 38.5 Å². The Hall–Kier alpha value is -3.30. The van der Waals surface area contributed by atoms with Crippen LogP contribution in [0, 0.1) is 5.41 Å². The molecule has 2 atom stereocenters. The van der Waals surface area contributed by atoms with Gasteiger partial charge >= 0.3 is 24.0 Å². The minimum atomic E-state index is -2.06. The lowest BCUT2D eigenvalue weighted by Gasteiger charge is -2.33. The summed E-state index contributed by atoms with van der Waals surface area (Å²) < 4.78 is 16.2. The molecule has 208 valence electrons. The molecular weight excluding hydrogens is 480 g/mol. The molecule has 1 amide bonds. The summed E-state index contributed by atoms with van der Waals surface area (Å²) >= 11 is 0. The van der Waals surface area contributed by atoms with E-state index in [1.807, 2.05) is 0 Å². The van der Waals surface area contributed by atoms with Crippen molar-refractivity contribution in [2.45, 2.75) is 104 Å². The van der Waals surface area contributed by atoms with Gasteiger partial charge in [0.15, 0.2) is 5.41 Å². The first-order valence-electron chi connectivity index (χ1n) is 12.2. The van der Waals surface area contributed by atoms with Crippen LogP contribution in [0.2, 0.25) is 0 Å². The monoisotopic (exact) mass is 522 g/mol. The Balaban J connectivity index is 3.41. The highest BCUT2D eigenvalue weighted by Crippen LogP contribution is 2.34. The largest absolute Gasteiger partial charge is 0.480 e. The van der Waals surface area contributed by atoms with Crippen molar-refractivity contribution in [2.24, 2.45) is 5.41 Å². The van der Waals surface area contributed by atoms with Gasteiger partial charge in [0.05, 0.1) is 0 Å². The fourth-order valence-corrected chi connectivity index (χ4v) is 3.35. The molecule has 4 N–H and O–H groups in total. The van der Waals surface area contributed by atoms with Crippen molar-refractivity contribution in [2.75, 3.05) is 5.73 Å². The molecule has 1 aromatic carbocycles. The summed E-state index contributed by atoms with van der Waals surface area (Å²) in [5.41, 5.74) is 2.05. The van der Waals surface area contributed by atoms with E-state index in [1.54, 1.807) is 86.6 Å². The number of hydrogen-bond donors (Lipinski definition) is 3. The Kier molecular flexibility index (Phi) is 10.1. The Morgan fingerprint density at radius 3 is 1.76 bits per heavy atom. The molecule has 10 nitrogen and oxygen atoms in total. The van der Waals surface area contributed by atoms with E-state index in [2.05, 4.69) is 5.32 Å². The topological polar surface area (TPSA) is 154 Å². The summed E-state index contributed by atoms with van der Waals surface area (Å²) in [6.07, 6.45) is -1.65. The second-order valence-corrected chi connectivity index (χ2v) is 12.1. The SMILES string of the molecule is CC(C)(C)OC(=O)N[C@@H](CCC(Cc1ccc(N)cc1)(C(=O)O)C(=O)OC(C)(C)C)C(=O)OC(C)(C)C. The fourth-order valence-electron chi connectivity index (χ4n) is 3.35. The molecule has 0 fully saturated rings. The lowest BCUT2D eigenvalue weighted by Crippen LogP contribution is -2.49. The Morgan fingerprint density at radius 1 is 0.838 bits per heavy atom. The number of alkyl carbamates (subject to hydrolysis) is 1. The average Bonchev–Trinajstić information content (AvgIpc) is 2.67. The molecule has 1 aromatic rings. The molecule has 1 rings (SSSR count). The molecule has 0 aromatic heterocycles. The van der Waals surface area contributed by atoms with Crippen LogP contribution < -0.4 is 11.1 Å². The lowest BCUT2D eigenvalue weighted by molar-refractivity contribution is -0.178. The zero-order valence-corrected chi connectivity index (χ0v) is 23.4. The Morgan fingerprint density at radius 2 is 1.32 bits per heavy atom. The van der Waals surface area contributed by atoms with Gasteiger partial charge in [-0.05, 0) is 99.3 Å². The molecule has 0 heterocycles. The number of ether oxygens (including phenoxy) is 3. The lowest BCUT2D eigenvalue weighted by atomic mass is 9.76. The van der Waals surface area contributed by atoms with Crippen molar-refractivity contribution >= 4 is 29.7 Å². The van der Waals surface area contributed by atoms with E-state index in [0.29, 0.717) is 11.3 Å². The number of rotatable bonds is 9. The molecular formula is C27H42N2O8. The van der Waals surface area contributed by atoms with E-state index < -0.39 is 52.3 Å². The smallest absolute Gasteiger partial charge is 0.408 e. The van der Waals surface area contributed by atoms with Crippen LogP contribution in [0.5, 0.6) is 0 Å². The zero-order valence-electron chi connectivity index (χ0n) is 23.4. The van der Waals surface area contributed by atoms with E-state index >= 15 is 0 Å². The maximum absolute atomic E-state index is 13.4. The highest BCUT2D eigenvalue weighted by atomic mass is 16.6. The van der Waals surface area contributed by atoms with Gasteiger partial charge in [-0.1, -0.05) is 12.1 Å². The minimum Gasteiger partial charge on any atom is -0.480 e. The summed E-state index contributed by atoms with van der Waals surface area (Å²) in [6.45, 7) is 14.9. The average molecular weight is 523 g/mol. The van der Waals surface area contributed by atoms with Crippen molar-refractivity contribution in [3.63, 3.8) is 0 Å². The van der Waals surface area contributed by atoms with Gasteiger partial charge in [0.1, 0.15) is 22.8 Å². The molecule has 0 saturated carbocycles. The molecule has 10 heteroatoms. The zero-order chi connectivity index (χ0) is 28.8. The molecule has 1 unspecified atom stereocenters. The molecule has 0 aliphatic heterocycles. The summed E-state index contributed by atoms with van der Waals surface area (Å²) in [6, 6.07) is 5.18. The standard InChI is InChI=1S/C27H42N2O8/c1-24(2,3)35-20(30)19(29-23(34)37-26(7,8)9)14-15-27(21(31)32,22(33)36-25(4,5)6)16-17-10-12-18(28)13-11-17/h10-13,19H,14-16,28H2,1-9H3,(H,29,34)(H,31,32)/t19-,27?/m0/s1. The number of amides is 1.